The maximum absolute atomic E-state index is 9.15. The molecule has 0 radical (unpaired) electrons. The minimum Gasteiger partial charge on any atom is -0.456 e. The number of para-hydroxylation sites is 3. The van der Waals surface area contributed by atoms with E-state index in [4.69, 9.17) is 27.3 Å². The lowest BCUT2D eigenvalue weighted by Gasteiger charge is -2.35. The molecule has 0 bridgehead atoms. The van der Waals surface area contributed by atoms with Crippen molar-refractivity contribution in [2.45, 2.75) is 52.4 Å². The van der Waals surface area contributed by atoms with Crippen LogP contribution >= 0.6 is 11.6 Å². The number of furan rings is 2. The predicted molar refractivity (Wildman–Crippen MR) is 335 cm³/mol. The molecule has 0 atom stereocenters. The largest absolute Gasteiger partial charge is 0.456 e. The maximum atomic E-state index is 9.15. The van der Waals surface area contributed by atoms with Gasteiger partial charge in [0, 0.05) is 66.0 Å². The number of rotatable bonds is 10. The molecule has 5 heteroatoms. The third-order valence-electron chi connectivity index (χ3n) is 15.0. The standard InChI is InChI=1S/C74H59ClN2O2/c1-73(2,3)53-42-58(47-59(43-53)77(57-31-19-29-55(75)46-57)70-64(49-24-12-8-13-25-49)44-54(74(4,5)6)45-65(70)50-26-14-9-15-27-50)76(56-30-18-28-51(40-56)48-22-10-7-11-23-48)67-36-21-35-63-62-34-20-33-60(71(62)79-72(63)67)52-38-39-69-66(41-52)61-32-16-17-37-68(61)78-69/h7-47H,1-6H3/i7D,10D,11D,22D,23D. The van der Waals surface area contributed by atoms with Crippen LogP contribution in [0.4, 0.5) is 34.1 Å². The first-order valence-electron chi connectivity index (χ1n) is 29.3. The van der Waals surface area contributed by atoms with E-state index in [2.05, 4.69) is 203 Å². The van der Waals surface area contributed by atoms with Gasteiger partial charge in [0.25, 0.3) is 0 Å². The smallest absolute Gasteiger partial charge is 0.159 e. The summed E-state index contributed by atoms with van der Waals surface area (Å²) in [6.45, 7) is 13.4. The maximum Gasteiger partial charge on any atom is 0.159 e. The summed E-state index contributed by atoms with van der Waals surface area (Å²) in [5.74, 6) is 0. The Hall–Kier alpha value is -9.09. The van der Waals surface area contributed by atoms with Gasteiger partial charge in [0.05, 0.1) is 18.2 Å². The third kappa shape index (κ3) is 9.22. The molecule has 2 heterocycles. The van der Waals surface area contributed by atoms with E-state index in [0.29, 0.717) is 21.9 Å². The highest BCUT2D eigenvalue weighted by atomic mass is 35.5. The van der Waals surface area contributed by atoms with Crippen molar-refractivity contribution < 1.29 is 15.7 Å². The zero-order valence-corrected chi connectivity index (χ0v) is 45.6. The fraction of sp³-hybridized carbons (Fsp3) is 0.108. The van der Waals surface area contributed by atoms with Crippen molar-refractivity contribution in [3.8, 4) is 44.5 Å². The lowest BCUT2D eigenvalue weighted by molar-refractivity contribution is 0.590. The topological polar surface area (TPSA) is 32.8 Å². The summed E-state index contributed by atoms with van der Waals surface area (Å²) in [4.78, 5) is 4.53. The third-order valence-corrected chi connectivity index (χ3v) is 15.3. The van der Waals surface area contributed by atoms with Crippen LogP contribution in [0, 0.1) is 0 Å². The molecule has 0 aliphatic heterocycles. The van der Waals surface area contributed by atoms with E-state index < -0.39 is 23.5 Å². The molecule has 0 unspecified atom stereocenters. The lowest BCUT2D eigenvalue weighted by atomic mass is 9.81. The lowest BCUT2D eigenvalue weighted by Crippen LogP contribution is -2.19. The van der Waals surface area contributed by atoms with Gasteiger partial charge in [-0.3, -0.25) is 0 Å². The Morgan fingerprint density at radius 1 is 0.367 bits per heavy atom. The van der Waals surface area contributed by atoms with Crippen LogP contribution in [0.2, 0.25) is 5.02 Å². The fourth-order valence-electron chi connectivity index (χ4n) is 11.0. The van der Waals surface area contributed by atoms with Crippen molar-refractivity contribution in [2.24, 2.45) is 0 Å². The molecule has 0 aliphatic carbocycles. The summed E-state index contributed by atoms with van der Waals surface area (Å²) in [5.41, 5.74) is 16.1. The number of fused-ring (bicyclic) bond motifs is 6. The molecule has 0 amide bonds. The minimum atomic E-state index is -0.449. The quantitative estimate of drug-likeness (QED) is 0.137. The molecular formula is C74H59ClN2O2. The van der Waals surface area contributed by atoms with Crippen molar-refractivity contribution >= 4 is 89.6 Å². The van der Waals surface area contributed by atoms with Crippen LogP contribution in [0.3, 0.4) is 0 Å². The SMILES string of the molecule is [2H]c1c([2H])c([2H])c(-c2cccc(N(c3cc(N(c4cccc(Cl)c4)c4c(-c5ccccc5)cc(C(C)(C)C)cc4-c4ccccc4)cc(C(C)(C)C)c3)c3cccc4c3oc3c(-c5ccc6oc7ccccc7c6c5)cccc34)c2)c([2H])c1[2H]. The molecule has 384 valence electrons. The number of benzene rings is 11. The number of hydrogen-bond acceptors (Lipinski definition) is 4. The monoisotopic (exact) mass is 1050 g/mol. The second-order valence-corrected chi connectivity index (χ2v) is 22.8. The van der Waals surface area contributed by atoms with Gasteiger partial charge in [0.1, 0.15) is 16.7 Å². The molecule has 13 aromatic rings. The zero-order valence-electron chi connectivity index (χ0n) is 49.9. The Morgan fingerprint density at radius 2 is 0.924 bits per heavy atom. The van der Waals surface area contributed by atoms with Gasteiger partial charge in [-0.25, -0.2) is 0 Å². The van der Waals surface area contributed by atoms with Crippen molar-refractivity contribution in [1.29, 1.82) is 0 Å². The molecule has 0 spiro atoms. The first-order valence-corrected chi connectivity index (χ1v) is 27.1. The van der Waals surface area contributed by atoms with Gasteiger partial charge in [-0.1, -0.05) is 217 Å². The predicted octanol–water partition coefficient (Wildman–Crippen LogP) is 22.3. The summed E-state index contributed by atoms with van der Waals surface area (Å²) in [7, 11) is 0. The molecule has 79 heavy (non-hydrogen) atoms. The van der Waals surface area contributed by atoms with Crippen molar-refractivity contribution in [1.82, 2.24) is 0 Å². The molecule has 0 saturated carbocycles. The van der Waals surface area contributed by atoms with Crippen molar-refractivity contribution in [2.75, 3.05) is 9.80 Å². The Kier molecular flexibility index (Phi) is 11.0. The first kappa shape index (κ1) is 44.0. The van der Waals surface area contributed by atoms with Gasteiger partial charge >= 0.3 is 0 Å². The molecule has 0 N–H and O–H groups in total. The minimum absolute atomic E-state index is 0.105. The Morgan fingerprint density at radius 3 is 1.61 bits per heavy atom. The molecular weight excluding hydrogens is 984 g/mol. The summed E-state index contributed by atoms with van der Waals surface area (Å²) >= 11 is 7.10. The van der Waals surface area contributed by atoms with Crippen molar-refractivity contribution in [3.05, 3.63) is 265 Å². The Balaban J connectivity index is 1.12. The van der Waals surface area contributed by atoms with Crippen LogP contribution in [0.15, 0.2) is 257 Å². The molecule has 0 aliphatic rings. The summed E-state index contributed by atoms with van der Waals surface area (Å²) in [5, 5.41) is 4.47. The van der Waals surface area contributed by atoms with Gasteiger partial charge in [0.15, 0.2) is 5.58 Å². The number of halogens is 1. The van der Waals surface area contributed by atoms with Gasteiger partial charge in [0.2, 0.25) is 0 Å². The van der Waals surface area contributed by atoms with Crippen LogP contribution in [0.25, 0.3) is 88.4 Å². The molecule has 0 fully saturated rings. The van der Waals surface area contributed by atoms with E-state index in [1.165, 1.54) is 5.56 Å². The van der Waals surface area contributed by atoms with Crippen molar-refractivity contribution in [3.63, 3.8) is 0 Å². The van der Waals surface area contributed by atoms with Crippen LogP contribution in [0.1, 0.15) is 59.5 Å². The second kappa shape index (κ2) is 19.7. The molecule has 4 nitrogen and oxygen atoms in total. The molecule has 2 aromatic heterocycles. The zero-order chi connectivity index (χ0) is 58.3. The highest BCUT2D eigenvalue weighted by Crippen LogP contribution is 2.52. The normalized spacial score (nSPS) is 12.9. The van der Waals surface area contributed by atoms with E-state index in [0.717, 1.165) is 106 Å². The molecule has 0 saturated heterocycles. The highest BCUT2D eigenvalue weighted by Gasteiger charge is 2.30. The van der Waals surface area contributed by atoms with Gasteiger partial charge in [-0.2, -0.15) is 0 Å². The molecule has 11 aromatic carbocycles. The van der Waals surface area contributed by atoms with E-state index in [-0.39, 0.29) is 23.1 Å². The first-order chi connectivity index (χ1) is 40.4. The van der Waals surface area contributed by atoms with Crippen LogP contribution in [0.5, 0.6) is 0 Å². The van der Waals surface area contributed by atoms with E-state index in [1.54, 1.807) is 6.07 Å². The van der Waals surface area contributed by atoms with Crippen LogP contribution in [-0.2, 0) is 10.8 Å². The van der Waals surface area contributed by atoms with E-state index >= 15 is 0 Å². The van der Waals surface area contributed by atoms with Crippen LogP contribution < -0.4 is 9.80 Å². The highest BCUT2D eigenvalue weighted by molar-refractivity contribution is 6.31. The van der Waals surface area contributed by atoms with E-state index in [1.807, 2.05) is 60.7 Å². The number of nitrogens with zero attached hydrogens (tertiary/aromatic N) is 2. The number of hydrogen-bond donors (Lipinski definition) is 0. The summed E-state index contributed by atoms with van der Waals surface area (Å²) < 4.78 is 57.8. The van der Waals surface area contributed by atoms with E-state index in [9.17, 15) is 0 Å². The summed E-state index contributed by atoms with van der Waals surface area (Å²) in [6, 6.07) is 73.2. The van der Waals surface area contributed by atoms with Gasteiger partial charge in [-0.15, -0.1) is 0 Å². The van der Waals surface area contributed by atoms with Crippen LogP contribution in [-0.4, -0.2) is 0 Å². The average Bonchev–Trinajstić information content (AvgIpc) is 3.05. The summed E-state index contributed by atoms with van der Waals surface area (Å²) in [6.07, 6.45) is 0. The van der Waals surface area contributed by atoms with Gasteiger partial charge in [-0.05, 0) is 135 Å². The van der Waals surface area contributed by atoms with Gasteiger partial charge < -0.3 is 18.6 Å². The Labute approximate surface area is 474 Å². The molecule has 13 rings (SSSR count). The Bertz CT molecular complexity index is 4640. The second-order valence-electron chi connectivity index (χ2n) is 22.3. The number of anilines is 6. The fourth-order valence-corrected chi connectivity index (χ4v) is 11.2. The average molecular weight is 1050 g/mol.